The molecule has 0 saturated carbocycles. The molecule has 1 spiro atoms. The maximum absolute atomic E-state index is 14.1. The molecule has 178 valence electrons. The Bertz CT molecular complexity index is 1030. The molecule has 1 N–H and O–H groups in total. The first-order chi connectivity index (χ1) is 15.5. The fourth-order valence-corrected chi connectivity index (χ4v) is 4.70. The number of halogens is 4. The first-order valence-corrected chi connectivity index (χ1v) is 11.2. The number of hydrogen-bond acceptors (Lipinski definition) is 3. The first-order valence-electron chi connectivity index (χ1n) is 11.2. The van der Waals surface area contributed by atoms with Crippen LogP contribution < -0.4 is 4.74 Å². The van der Waals surface area contributed by atoms with Gasteiger partial charge in [0.25, 0.3) is 0 Å². The van der Waals surface area contributed by atoms with E-state index in [0.29, 0.717) is 32.4 Å². The summed E-state index contributed by atoms with van der Waals surface area (Å²) in [6.07, 6.45) is -0.983. The van der Waals surface area contributed by atoms with Gasteiger partial charge in [0.1, 0.15) is 17.2 Å². The number of carbonyl (C=O) groups is 1. The number of aryl methyl sites for hydroxylation is 1. The van der Waals surface area contributed by atoms with E-state index in [1.54, 1.807) is 6.92 Å². The number of piperidine rings is 1. The molecule has 0 radical (unpaired) electrons. The normalized spacial score (nSPS) is 19.1. The molecule has 1 saturated heterocycles. The lowest BCUT2D eigenvalue weighted by Gasteiger charge is -2.44. The SMILES string of the molecule is CC(Cc1ccc2c(c1)OC1(CC2)CCN(Cc2cc(C(F)(F)F)ccc2F)CC1)C(=O)O. The van der Waals surface area contributed by atoms with Crippen LogP contribution in [0.15, 0.2) is 36.4 Å². The van der Waals surface area contributed by atoms with Crippen molar-refractivity contribution >= 4 is 5.97 Å². The van der Waals surface area contributed by atoms with Gasteiger partial charge in [0, 0.05) is 25.2 Å². The van der Waals surface area contributed by atoms with Gasteiger partial charge in [-0.1, -0.05) is 19.1 Å². The highest BCUT2D eigenvalue weighted by atomic mass is 19.4. The van der Waals surface area contributed by atoms with Gasteiger partial charge in [-0.3, -0.25) is 9.69 Å². The van der Waals surface area contributed by atoms with E-state index >= 15 is 0 Å². The number of hydrogen-bond donors (Lipinski definition) is 1. The monoisotopic (exact) mass is 465 g/mol. The number of fused-ring (bicyclic) bond motifs is 1. The number of aliphatic carboxylic acids is 1. The topological polar surface area (TPSA) is 49.8 Å². The standard InChI is InChI=1S/C25H27F4NO3/c1-16(23(31)32)12-17-2-3-18-6-7-24(33-22(18)13-17)8-10-30(11-9-24)15-19-14-20(25(27,28)29)4-5-21(19)26/h2-5,13-14,16H,6-12,15H2,1H3,(H,31,32). The molecule has 8 heteroatoms. The smallest absolute Gasteiger partial charge is 0.416 e. The molecule has 2 heterocycles. The molecule has 4 rings (SSSR count). The summed E-state index contributed by atoms with van der Waals surface area (Å²) in [6, 6.07) is 8.42. The minimum Gasteiger partial charge on any atom is -0.487 e. The highest BCUT2D eigenvalue weighted by molar-refractivity contribution is 5.70. The van der Waals surface area contributed by atoms with E-state index in [0.717, 1.165) is 47.9 Å². The van der Waals surface area contributed by atoms with Gasteiger partial charge >= 0.3 is 12.1 Å². The quantitative estimate of drug-likeness (QED) is 0.596. The third-order valence-electron chi connectivity index (χ3n) is 6.81. The zero-order chi connectivity index (χ0) is 23.8. The van der Waals surface area contributed by atoms with Crippen LogP contribution in [0.4, 0.5) is 17.6 Å². The lowest BCUT2D eigenvalue weighted by molar-refractivity contribution is -0.141. The van der Waals surface area contributed by atoms with Crippen LogP contribution in [-0.2, 0) is 30.4 Å². The Kier molecular flexibility index (Phi) is 6.40. The van der Waals surface area contributed by atoms with Crippen molar-refractivity contribution in [1.29, 1.82) is 0 Å². The van der Waals surface area contributed by atoms with E-state index in [1.807, 2.05) is 23.1 Å². The Morgan fingerprint density at radius 3 is 2.55 bits per heavy atom. The molecule has 1 atom stereocenters. The van der Waals surface area contributed by atoms with E-state index in [2.05, 4.69) is 0 Å². The van der Waals surface area contributed by atoms with Gasteiger partial charge in [-0.25, -0.2) is 4.39 Å². The Balaban J connectivity index is 1.41. The Morgan fingerprint density at radius 1 is 1.15 bits per heavy atom. The van der Waals surface area contributed by atoms with Crippen LogP contribution in [0, 0.1) is 11.7 Å². The van der Waals surface area contributed by atoms with E-state index in [4.69, 9.17) is 9.84 Å². The van der Waals surface area contributed by atoms with Gasteiger partial charge in [-0.15, -0.1) is 0 Å². The summed E-state index contributed by atoms with van der Waals surface area (Å²) in [7, 11) is 0. The molecule has 2 aromatic rings. The maximum atomic E-state index is 14.1. The third kappa shape index (κ3) is 5.32. The molecule has 1 fully saturated rings. The van der Waals surface area contributed by atoms with Gasteiger partial charge in [0.15, 0.2) is 0 Å². The molecule has 2 aliphatic rings. The van der Waals surface area contributed by atoms with Crippen LogP contribution in [0.2, 0.25) is 0 Å². The van der Waals surface area contributed by atoms with Crippen LogP contribution in [0.3, 0.4) is 0 Å². The Hall–Kier alpha value is -2.61. The lowest BCUT2D eigenvalue weighted by atomic mass is 9.82. The van der Waals surface area contributed by atoms with Crippen molar-refractivity contribution < 1.29 is 32.2 Å². The summed E-state index contributed by atoms with van der Waals surface area (Å²) in [5.74, 6) is -1.17. The van der Waals surface area contributed by atoms with E-state index < -0.39 is 29.4 Å². The maximum Gasteiger partial charge on any atom is 0.416 e. The van der Waals surface area contributed by atoms with Gasteiger partial charge in [-0.05, 0) is 67.5 Å². The predicted molar refractivity (Wildman–Crippen MR) is 115 cm³/mol. The van der Waals surface area contributed by atoms with Crippen LogP contribution in [-0.4, -0.2) is 34.7 Å². The Morgan fingerprint density at radius 2 is 1.88 bits per heavy atom. The minimum atomic E-state index is -4.50. The molecule has 1 unspecified atom stereocenters. The summed E-state index contributed by atoms with van der Waals surface area (Å²) in [6.45, 7) is 2.99. The van der Waals surface area contributed by atoms with Crippen LogP contribution >= 0.6 is 0 Å². The van der Waals surface area contributed by atoms with Crippen molar-refractivity contribution in [2.45, 2.75) is 57.3 Å². The van der Waals surface area contributed by atoms with Gasteiger partial charge < -0.3 is 9.84 Å². The zero-order valence-corrected chi connectivity index (χ0v) is 18.4. The molecule has 0 amide bonds. The average Bonchev–Trinajstić information content (AvgIpc) is 2.76. The van der Waals surface area contributed by atoms with Crippen molar-refractivity contribution in [2.75, 3.05) is 13.1 Å². The summed E-state index contributed by atoms with van der Waals surface area (Å²) in [5, 5.41) is 9.17. The van der Waals surface area contributed by atoms with Crippen molar-refractivity contribution in [1.82, 2.24) is 4.90 Å². The molecule has 0 aromatic heterocycles. The fourth-order valence-electron chi connectivity index (χ4n) is 4.70. The predicted octanol–water partition coefficient (Wildman–Crippen LogP) is 5.47. The van der Waals surface area contributed by atoms with E-state index in [9.17, 15) is 22.4 Å². The average molecular weight is 465 g/mol. The highest BCUT2D eigenvalue weighted by Crippen LogP contribution is 2.40. The number of carboxylic acid groups (broad SMARTS) is 1. The van der Waals surface area contributed by atoms with Gasteiger partial charge in [0.05, 0.1) is 11.5 Å². The summed E-state index contributed by atoms with van der Waals surface area (Å²) >= 11 is 0. The minimum absolute atomic E-state index is 0.0490. The molecule has 33 heavy (non-hydrogen) atoms. The van der Waals surface area contributed by atoms with E-state index in [-0.39, 0.29) is 17.7 Å². The molecule has 2 aromatic carbocycles. The summed E-state index contributed by atoms with van der Waals surface area (Å²) in [4.78, 5) is 13.1. The number of benzene rings is 2. The first kappa shape index (κ1) is 23.5. The number of likely N-dealkylation sites (tertiary alicyclic amines) is 1. The van der Waals surface area contributed by atoms with Crippen molar-refractivity contribution in [3.63, 3.8) is 0 Å². The highest BCUT2D eigenvalue weighted by Gasteiger charge is 2.40. The van der Waals surface area contributed by atoms with E-state index in [1.165, 1.54) is 0 Å². The second-order valence-corrected chi connectivity index (χ2v) is 9.25. The van der Waals surface area contributed by atoms with Crippen molar-refractivity contribution in [3.8, 4) is 5.75 Å². The second-order valence-electron chi connectivity index (χ2n) is 9.25. The fraction of sp³-hybridized carbons (Fsp3) is 0.480. The molecule has 0 bridgehead atoms. The second kappa shape index (κ2) is 8.97. The summed E-state index contributed by atoms with van der Waals surface area (Å²) in [5.41, 5.74) is 0.867. The number of alkyl halides is 3. The summed E-state index contributed by atoms with van der Waals surface area (Å²) < 4.78 is 59.6. The third-order valence-corrected chi connectivity index (χ3v) is 6.81. The molecule has 0 aliphatic carbocycles. The lowest BCUT2D eigenvalue weighted by Crippen LogP contribution is -2.49. The number of nitrogens with zero attached hydrogens (tertiary/aromatic N) is 1. The molecular weight excluding hydrogens is 438 g/mol. The van der Waals surface area contributed by atoms with Crippen LogP contribution in [0.25, 0.3) is 0 Å². The largest absolute Gasteiger partial charge is 0.487 e. The zero-order valence-electron chi connectivity index (χ0n) is 18.4. The van der Waals surface area contributed by atoms with Crippen molar-refractivity contribution in [3.05, 3.63) is 64.5 Å². The van der Waals surface area contributed by atoms with Gasteiger partial charge in [0.2, 0.25) is 0 Å². The van der Waals surface area contributed by atoms with Crippen molar-refractivity contribution in [2.24, 2.45) is 5.92 Å². The molecule has 4 nitrogen and oxygen atoms in total. The number of carboxylic acids is 1. The van der Waals surface area contributed by atoms with Gasteiger partial charge in [-0.2, -0.15) is 13.2 Å². The van der Waals surface area contributed by atoms with Crippen LogP contribution in [0.1, 0.15) is 48.4 Å². The molecular formula is C25H27F4NO3. The number of ether oxygens (including phenoxy) is 1. The number of rotatable bonds is 5. The van der Waals surface area contributed by atoms with Crippen LogP contribution in [0.5, 0.6) is 5.75 Å². The Labute approximate surface area is 190 Å². The molecule has 2 aliphatic heterocycles.